The Balaban J connectivity index is 1.81. The quantitative estimate of drug-likeness (QED) is 0.697. The highest BCUT2D eigenvalue weighted by Gasteiger charge is 2.14. The first kappa shape index (κ1) is 19.6. The summed E-state index contributed by atoms with van der Waals surface area (Å²) in [6.07, 6.45) is 7.04. The molecule has 0 spiro atoms. The summed E-state index contributed by atoms with van der Waals surface area (Å²) in [6.45, 7) is 2.71. The molecule has 0 aromatic carbocycles. The van der Waals surface area contributed by atoms with E-state index in [0.717, 1.165) is 12.1 Å². The van der Waals surface area contributed by atoms with Crippen LogP contribution in [0.2, 0.25) is 0 Å². The number of aromatic nitrogens is 3. The van der Waals surface area contributed by atoms with Crippen LogP contribution in [0.4, 0.5) is 5.82 Å². The van der Waals surface area contributed by atoms with E-state index in [9.17, 15) is 9.59 Å². The van der Waals surface area contributed by atoms with Crippen LogP contribution in [-0.4, -0.2) is 50.9 Å². The summed E-state index contributed by atoms with van der Waals surface area (Å²) in [7, 11) is 1.76. The van der Waals surface area contributed by atoms with Gasteiger partial charge in [-0.2, -0.15) is 0 Å². The van der Waals surface area contributed by atoms with Crippen LogP contribution in [0.25, 0.3) is 0 Å². The molecule has 0 bridgehead atoms. The third-order valence-electron chi connectivity index (χ3n) is 3.99. The van der Waals surface area contributed by atoms with Gasteiger partial charge in [-0.3, -0.25) is 14.6 Å². The van der Waals surface area contributed by atoms with Gasteiger partial charge in [0.15, 0.2) is 5.82 Å². The molecule has 3 N–H and O–H groups in total. The second-order valence-corrected chi connectivity index (χ2v) is 6.20. The van der Waals surface area contributed by atoms with E-state index in [4.69, 9.17) is 5.73 Å². The molecule has 0 aliphatic heterocycles. The van der Waals surface area contributed by atoms with Crippen molar-refractivity contribution in [1.29, 1.82) is 0 Å². The third-order valence-corrected chi connectivity index (χ3v) is 3.99. The van der Waals surface area contributed by atoms with Crippen molar-refractivity contribution >= 4 is 17.6 Å². The number of imidazole rings is 1. The highest BCUT2D eigenvalue weighted by Crippen LogP contribution is 2.06. The lowest BCUT2D eigenvalue weighted by Crippen LogP contribution is -2.35. The Morgan fingerprint density at radius 2 is 2.15 bits per heavy atom. The Morgan fingerprint density at radius 1 is 1.35 bits per heavy atom. The first-order valence-electron chi connectivity index (χ1n) is 8.71. The number of nitrogens with one attached hydrogen (secondary N) is 1. The van der Waals surface area contributed by atoms with E-state index in [2.05, 4.69) is 15.3 Å². The summed E-state index contributed by atoms with van der Waals surface area (Å²) >= 11 is 0. The maximum absolute atomic E-state index is 12.3. The van der Waals surface area contributed by atoms with E-state index in [1.807, 2.05) is 25.1 Å². The number of likely N-dealkylation sites (N-methyl/N-ethyl adjacent to an activating group) is 1. The molecule has 0 fully saturated rings. The molecule has 8 nitrogen and oxygen atoms in total. The highest BCUT2D eigenvalue weighted by atomic mass is 16.2. The first-order valence-corrected chi connectivity index (χ1v) is 8.71. The van der Waals surface area contributed by atoms with Gasteiger partial charge < -0.3 is 20.5 Å². The summed E-state index contributed by atoms with van der Waals surface area (Å²) < 4.78 is 1.64. The van der Waals surface area contributed by atoms with Crippen molar-refractivity contribution < 1.29 is 9.59 Å². The Kier molecular flexibility index (Phi) is 7.28. The fraction of sp³-hybridized carbons (Fsp3) is 0.444. The van der Waals surface area contributed by atoms with Gasteiger partial charge >= 0.3 is 0 Å². The van der Waals surface area contributed by atoms with Crippen molar-refractivity contribution in [2.24, 2.45) is 5.73 Å². The van der Waals surface area contributed by atoms with Crippen molar-refractivity contribution in [3.63, 3.8) is 0 Å². The molecule has 1 atom stereocenters. The van der Waals surface area contributed by atoms with Gasteiger partial charge in [-0.15, -0.1) is 0 Å². The SMILES string of the molecule is CCC[C@H](N)C(=O)Nc1cn(CC(=O)N(C)CCc2ccccn2)cn1. The minimum atomic E-state index is -0.551. The molecular formula is C18H26N6O2. The molecule has 0 aliphatic carbocycles. The zero-order valence-electron chi connectivity index (χ0n) is 15.3. The molecule has 8 heteroatoms. The van der Waals surface area contributed by atoms with E-state index in [0.29, 0.717) is 25.2 Å². The largest absolute Gasteiger partial charge is 0.344 e. The number of hydrogen-bond acceptors (Lipinski definition) is 5. The molecule has 0 unspecified atom stereocenters. The molecule has 2 heterocycles. The van der Waals surface area contributed by atoms with Crippen LogP contribution < -0.4 is 11.1 Å². The van der Waals surface area contributed by atoms with Gasteiger partial charge in [0, 0.05) is 38.1 Å². The molecule has 26 heavy (non-hydrogen) atoms. The summed E-state index contributed by atoms with van der Waals surface area (Å²) in [5, 5.41) is 2.67. The van der Waals surface area contributed by atoms with Crippen molar-refractivity contribution in [1.82, 2.24) is 19.4 Å². The van der Waals surface area contributed by atoms with Gasteiger partial charge in [-0.05, 0) is 18.6 Å². The van der Waals surface area contributed by atoms with Crippen LogP contribution in [0.15, 0.2) is 36.9 Å². The molecule has 0 aliphatic rings. The standard InChI is InChI=1S/C18H26N6O2/c1-3-6-15(19)18(26)22-16-11-24(13-21-16)12-17(25)23(2)10-8-14-7-4-5-9-20-14/h4-5,7,9,11,13,15H,3,6,8,10,12,19H2,1-2H3,(H,22,26)/t15-/m0/s1. The maximum atomic E-state index is 12.3. The van der Waals surface area contributed by atoms with E-state index < -0.39 is 6.04 Å². The minimum absolute atomic E-state index is 0.0427. The fourth-order valence-corrected chi connectivity index (χ4v) is 2.40. The van der Waals surface area contributed by atoms with E-state index in [-0.39, 0.29) is 18.4 Å². The number of carbonyl (C=O) groups excluding carboxylic acids is 2. The molecule has 2 amide bonds. The number of anilines is 1. The summed E-state index contributed by atoms with van der Waals surface area (Å²) in [5.41, 5.74) is 6.72. The van der Waals surface area contributed by atoms with Gasteiger partial charge in [-0.1, -0.05) is 19.4 Å². The number of nitrogens with zero attached hydrogens (tertiary/aromatic N) is 4. The van der Waals surface area contributed by atoms with Crippen molar-refractivity contribution in [3.05, 3.63) is 42.6 Å². The number of hydrogen-bond donors (Lipinski definition) is 2. The number of pyridine rings is 1. The molecule has 140 valence electrons. The monoisotopic (exact) mass is 358 g/mol. The Bertz CT molecular complexity index is 715. The molecule has 0 saturated carbocycles. The molecule has 2 rings (SSSR count). The van der Waals surface area contributed by atoms with E-state index in [1.54, 1.807) is 28.9 Å². The van der Waals surface area contributed by atoms with Crippen molar-refractivity contribution in [2.45, 2.75) is 38.8 Å². The lowest BCUT2D eigenvalue weighted by atomic mass is 10.2. The van der Waals surface area contributed by atoms with Crippen LogP contribution in [0.1, 0.15) is 25.5 Å². The van der Waals surface area contributed by atoms with E-state index >= 15 is 0 Å². The van der Waals surface area contributed by atoms with Gasteiger partial charge in [-0.25, -0.2) is 4.98 Å². The zero-order chi connectivity index (χ0) is 18.9. The topological polar surface area (TPSA) is 106 Å². The van der Waals surface area contributed by atoms with E-state index in [1.165, 1.54) is 6.33 Å². The fourth-order valence-electron chi connectivity index (χ4n) is 2.40. The molecule has 0 saturated heterocycles. The lowest BCUT2D eigenvalue weighted by Gasteiger charge is -2.17. The average Bonchev–Trinajstić information content (AvgIpc) is 3.07. The number of rotatable bonds is 9. The molecule has 2 aromatic heterocycles. The van der Waals surface area contributed by atoms with Crippen LogP contribution in [0, 0.1) is 0 Å². The molecule has 0 radical (unpaired) electrons. The lowest BCUT2D eigenvalue weighted by molar-refractivity contribution is -0.130. The Labute approximate surface area is 153 Å². The number of amides is 2. The third kappa shape index (κ3) is 5.96. The maximum Gasteiger partial charge on any atom is 0.242 e. The smallest absolute Gasteiger partial charge is 0.242 e. The van der Waals surface area contributed by atoms with Gasteiger partial charge in [0.25, 0.3) is 0 Å². The van der Waals surface area contributed by atoms with Crippen molar-refractivity contribution in [2.75, 3.05) is 18.9 Å². The van der Waals surface area contributed by atoms with Crippen molar-refractivity contribution in [3.8, 4) is 0 Å². The average molecular weight is 358 g/mol. The van der Waals surface area contributed by atoms with Crippen LogP contribution in [0.3, 0.4) is 0 Å². The molecular weight excluding hydrogens is 332 g/mol. The van der Waals surface area contributed by atoms with Gasteiger partial charge in [0.1, 0.15) is 6.54 Å². The number of nitrogens with two attached hydrogens (primary N) is 1. The second-order valence-electron chi connectivity index (χ2n) is 6.20. The van der Waals surface area contributed by atoms with Crippen LogP contribution >= 0.6 is 0 Å². The van der Waals surface area contributed by atoms with Crippen LogP contribution in [0.5, 0.6) is 0 Å². The summed E-state index contributed by atoms with van der Waals surface area (Å²) in [5.74, 6) is 0.0836. The molecule has 2 aromatic rings. The predicted octanol–water partition coefficient (Wildman–Crippen LogP) is 1.05. The second kappa shape index (κ2) is 9.67. The highest BCUT2D eigenvalue weighted by molar-refractivity contribution is 5.93. The van der Waals surface area contributed by atoms with Crippen LogP contribution in [-0.2, 0) is 22.6 Å². The normalized spacial score (nSPS) is 11.8. The Hall–Kier alpha value is -2.74. The minimum Gasteiger partial charge on any atom is -0.344 e. The first-order chi connectivity index (χ1) is 12.5. The number of carbonyl (C=O) groups is 2. The Morgan fingerprint density at radius 3 is 2.85 bits per heavy atom. The van der Waals surface area contributed by atoms with Gasteiger partial charge in [0.2, 0.25) is 11.8 Å². The summed E-state index contributed by atoms with van der Waals surface area (Å²) in [4.78, 5) is 34.2. The predicted molar refractivity (Wildman–Crippen MR) is 99.3 cm³/mol. The van der Waals surface area contributed by atoms with Gasteiger partial charge in [0.05, 0.1) is 12.4 Å². The summed E-state index contributed by atoms with van der Waals surface area (Å²) in [6, 6.07) is 5.18. The zero-order valence-corrected chi connectivity index (χ0v) is 15.3.